The van der Waals surface area contributed by atoms with Gasteiger partial charge in [0.1, 0.15) is 5.69 Å². The van der Waals surface area contributed by atoms with E-state index in [1.165, 1.54) is 6.92 Å². The van der Waals surface area contributed by atoms with Crippen LogP contribution in [0.2, 0.25) is 5.02 Å². The highest BCUT2D eigenvalue weighted by molar-refractivity contribution is 6.30. The highest BCUT2D eigenvalue weighted by Gasteiger charge is 2.22. The molecule has 0 aliphatic rings. The lowest BCUT2D eigenvalue weighted by atomic mass is 10.2. The summed E-state index contributed by atoms with van der Waals surface area (Å²) < 4.78 is 0. The number of hydrazine groups is 1. The lowest BCUT2D eigenvalue weighted by Gasteiger charge is -2.11. The Morgan fingerprint density at radius 2 is 2.05 bits per heavy atom. The number of nitrogens with zero attached hydrogens (tertiary/aromatic N) is 3. The number of nitro groups is 1. The standard InChI is InChI=1S/C12H13ClN6O2/c1-6-3-4-8(13)5-9(6)16-11-10(19(20)21)7(2)15-12(17-11)18-14/h3-5H,14H2,1-2H3,(H2,15,16,17,18). The summed E-state index contributed by atoms with van der Waals surface area (Å²) in [6, 6.07) is 5.19. The Bertz CT molecular complexity index is 706. The van der Waals surface area contributed by atoms with E-state index in [1.54, 1.807) is 18.2 Å². The number of aryl methyl sites for hydroxylation is 2. The van der Waals surface area contributed by atoms with Crippen LogP contribution < -0.4 is 16.6 Å². The molecule has 0 saturated heterocycles. The van der Waals surface area contributed by atoms with E-state index in [0.29, 0.717) is 10.7 Å². The van der Waals surface area contributed by atoms with Gasteiger partial charge >= 0.3 is 5.69 Å². The van der Waals surface area contributed by atoms with Gasteiger partial charge in [-0.05, 0) is 31.5 Å². The summed E-state index contributed by atoms with van der Waals surface area (Å²) in [7, 11) is 0. The van der Waals surface area contributed by atoms with Gasteiger partial charge in [0.25, 0.3) is 0 Å². The highest BCUT2D eigenvalue weighted by atomic mass is 35.5. The highest BCUT2D eigenvalue weighted by Crippen LogP contribution is 2.31. The predicted molar refractivity (Wildman–Crippen MR) is 80.7 cm³/mol. The molecule has 0 fully saturated rings. The molecule has 4 N–H and O–H groups in total. The minimum Gasteiger partial charge on any atom is -0.334 e. The number of halogens is 1. The van der Waals surface area contributed by atoms with Gasteiger partial charge in [-0.15, -0.1) is 0 Å². The third-order valence-corrected chi connectivity index (χ3v) is 3.06. The Hall–Kier alpha value is -2.45. The van der Waals surface area contributed by atoms with E-state index < -0.39 is 4.92 Å². The topological polar surface area (TPSA) is 119 Å². The summed E-state index contributed by atoms with van der Waals surface area (Å²) in [4.78, 5) is 18.5. The molecule has 21 heavy (non-hydrogen) atoms. The fraction of sp³-hybridized carbons (Fsp3) is 0.167. The fourth-order valence-electron chi connectivity index (χ4n) is 1.79. The van der Waals surface area contributed by atoms with E-state index in [1.807, 2.05) is 6.92 Å². The maximum atomic E-state index is 11.2. The van der Waals surface area contributed by atoms with Crippen molar-refractivity contribution < 1.29 is 4.92 Å². The molecule has 9 heteroatoms. The zero-order valence-corrected chi connectivity index (χ0v) is 12.1. The molecule has 1 heterocycles. The molecule has 0 saturated carbocycles. The van der Waals surface area contributed by atoms with Gasteiger partial charge in [-0.2, -0.15) is 4.98 Å². The van der Waals surface area contributed by atoms with Crippen molar-refractivity contribution in [2.75, 3.05) is 10.7 Å². The van der Waals surface area contributed by atoms with E-state index in [9.17, 15) is 10.1 Å². The number of nitrogens with one attached hydrogen (secondary N) is 2. The second kappa shape index (κ2) is 5.90. The van der Waals surface area contributed by atoms with E-state index >= 15 is 0 Å². The monoisotopic (exact) mass is 308 g/mol. The number of hydrogen-bond acceptors (Lipinski definition) is 7. The first-order valence-electron chi connectivity index (χ1n) is 5.95. The van der Waals surface area contributed by atoms with E-state index in [2.05, 4.69) is 20.7 Å². The summed E-state index contributed by atoms with van der Waals surface area (Å²) in [5.41, 5.74) is 3.75. The van der Waals surface area contributed by atoms with Crippen molar-refractivity contribution in [1.29, 1.82) is 0 Å². The summed E-state index contributed by atoms with van der Waals surface area (Å²) in [5.74, 6) is 5.40. The molecule has 0 aliphatic heterocycles. The van der Waals surface area contributed by atoms with Gasteiger partial charge in [-0.3, -0.25) is 15.5 Å². The maximum absolute atomic E-state index is 11.2. The van der Waals surface area contributed by atoms with Crippen LogP contribution >= 0.6 is 11.6 Å². The van der Waals surface area contributed by atoms with Crippen LogP contribution in [0.15, 0.2) is 18.2 Å². The second-order valence-electron chi connectivity index (χ2n) is 4.32. The molecular weight excluding hydrogens is 296 g/mol. The Balaban J connectivity index is 2.54. The first-order chi connectivity index (χ1) is 9.92. The van der Waals surface area contributed by atoms with Crippen LogP contribution in [-0.4, -0.2) is 14.9 Å². The molecule has 0 amide bonds. The Kier molecular flexibility index (Phi) is 4.20. The van der Waals surface area contributed by atoms with Gasteiger partial charge in [0.05, 0.1) is 4.92 Å². The molecule has 2 aromatic rings. The molecule has 0 spiro atoms. The van der Waals surface area contributed by atoms with Crippen LogP contribution in [0.5, 0.6) is 0 Å². The van der Waals surface area contributed by atoms with Crippen molar-refractivity contribution in [2.45, 2.75) is 13.8 Å². The molecule has 8 nitrogen and oxygen atoms in total. The zero-order valence-electron chi connectivity index (χ0n) is 11.3. The average molecular weight is 309 g/mol. The molecule has 0 aliphatic carbocycles. The Morgan fingerprint density at radius 1 is 1.33 bits per heavy atom. The fourth-order valence-corrected chi connectivity index (χ4v) is 1.97. The van der Waals surface area contributed by atoms with Crippen molar-refractivity contribution in [3.63, 3.8) is 0 Å². The quantitative estimate of drug-likeness (QED) is 0.451. The average Bonchev–Trinajstić information content (AvgIpc) is 2.41. The van der Waals surface area contributed by atoms with Crippen LogP contribution in [0.3, 0.4) is 0 Å². The number of anilines is 3. The predicted octanol–water partition coefficient (Wildman–Crippen LogP) is 2.68. The number of nitrogens with two attached hydrogens (primary N) is 1. The molecule has 0 bridgehead atoms. The Labute approximate surface area is 125 Å². The van der Waals surface area contributed by atoms with Crippen molar-refractivity contribution in [1.82, 2.24) is 9.97 Å². The number of nitrogen functional groups attached to an aromatic ring is 1. The van der Waals surface area contributed by atoms with Crippen LogP contribution in [0.25, 0.3) is 0 Å². The number of rotatable bonds is 4. The molecule has 0 unspecified atom stereocenters. The van der Waals surface area contributed by atoms with Crippen molar-refractivity contribution in [3.05, 3.63) is 44.6 Å². The third kappa shape index (κ3) is 3.18. The van der Waals surface area contributed by atoms with Crippen LogP contribution in [-0.2, 0) is 0 Å². The first-order valence-corrected chi connectivity index (χ1v) is 6.33. The number of benzene rings is 1. The normalized spacial score (nSPS) is 10.3. The van der Waals surface area contributed by atoms with E-state index in [0.717, 1.165) is 5.56 Å². The molecule has 110 valence electrons. The second-order valence-corrected chi connectivity index (χ2v) is 4.75. The van der Waals surface area contributed by atoms with E-state index in [-0.39, 0.29) is 23.1 Å². The van der Waals surface area contributed by atoms with Gasteiger partial charge in [0.2, 0.25) is 11.8 Å². The van der Waals surface area contributed by atoms with Crippen LogP contribution in [0, 0.1) is 24.0 Å². The first kappa shape index (κ1) is 14.9. The van der Waals surface area contributed by atoms with Gasteiger partial charge in [-0.25, -0.2) is 10.8 Å². The summed E-state index contributed by atoms with van der Waals surface area (Å²) in [5, 5.41) is 14.6. The maximum Gasteiger partial charge on any atom is 0.332 e. The van der Waals surface area contributed by atoms with Gasteiger partial charge in [0, 0.05) is 10.7 Å². The zero-order chi connectivity index (χ0) is 15.6. The minimum atomic E-state index is -0.544. The molecule has 0 atom stereocenters. The smallest absolute Gasteiger partial charge is 0.332 e. The molecule has 1 aromatic carbocycles. The van der Waals surface area contributed by atoms with Crippen molar-refractivity contribution >= 4 is 34.7 Å². The van der Waals surface area contributed by atoms with Gasteiger partial charge < -0.3 is 5.32 Å². The SMILES string of the molecule is Cc1ccc(Cl)cc1Nc1nc(NN)nc(C)c1[N+](=O)[O-]. The lowest BCUT2D eigenvalue weighted by molar-refractivity contribution is -0.385. The summed E-state index contributed by atoms with van der Waals surface area (Å²) in [6.07, 6.45) is 0. The third-order valence-electron chi connectivity index (χ3n) is 2.82. The molecular formula is C12H13ClN6O2. The minimum absolute atomic E-state index is 0.0471. The number of hydrogen-bond donors (Lipinski definition) is 3. The number of aromatic nitrogens is 2. The van der Waals surface area contributed by atoms with E-state index in [4.69, 9.17) is 17.4 Å². The van der Waals surface area contributed by atoms with Crippen molar-refractivity contribution in [3.8, 4) is 0 Å². The largest absolute Gasteiger partial charge is 0.334 e. The molecule has 1 aromatic heterocycles. The molecule has 2 rings (SSSR count). The van der Waals surface area contributed by atoms with Gasteiger partial charge in [-0.1, -0.05) is 17.7 Å². The lowest BCUT2D eigenvalue weighted by Crippen LogP contribution is -2.13. The van der Waals surface area contributed by atoms with Crippen LogP contribution in [0.1, 0.15) is 11.3 Å². The van der Waals surface area contributed by atoms with Crippen LogP contribution in [0.4, 0.5) is 23.1 Å². The Morgan fingerprint density at radius 3 is 2.67 bits per heavy atom. The summed E-state index contributed by atoms with van der Waals surface area (Å²) in [6.45, 7) is 3.36. The van der Waals surface area contributed by atoms with Crippen molar-refractivity contribution in [2.24, 2.45) is 5.84 Å². The van der Waals surface area contributed by atoms with Gasteiger partial charge in [0.15, 0.2) is 0 Å². The molecule has 0 radical (unpaired) electrons. The summed E-state index contributed by atoms with van der Waals surface area (Å²) >= 11 is 5.94.